The van der Waals surface area contributed by atoms with Gasteiger partial charge in [-0.2, -0.15) is 0 Å². The molecule has 0 radical (unpaired) electrons. The van der Waals surface area contributed by atoms with Crippen LogP contribution in [0.25, 0.3) is 0 Å². The zero-order valence-electron chi connectivity index (χ0n) is 14.0. The van der Waals surface area contributed by atoms with Crippen LogP contribution in [-0.2, 0) is 21.4 Å². The first kappa shape index (κ1) is 17.4. The van der Waals surface area contributed by atoms with Crippen molar-refractivity contribution in [2.75, 3.05) is 19.6 Å². The van der Waals surface area contributed by atoms with E-state index in [-0.39, 0.29) is 22.1 Å². The van der Waals surface area contributed by atoms with E-state index in [1.54, 1.807) is 31.2 Å². The molecule has 1 spiro atoms. The molecule has 1 aliphatic heterocycles. The van der Waals surface area contributed by atoms with E-state index < -0.39 is 10.0 Å². The van der Waals surface area contributed by atoms with Crippen LogP contribution >= 0.6 is 0 Å². The maximum Gasteiger partial charge on any atom is 0.240 e. The molecule has 2 aliphatic rings. The predicted octanol–water partition coefficient (Wildman–Crippen LogP) is 0.991. The number of rotatable bonds is 6. The van der Waals surface area contributed by atoms with E-state index in [0.717, 1.165) is 37.9 Å². The Hall–Kier alpha value is -1.44. The van der Waals surface area contributed by atoms with Gasteiger partial charge in [0.15, 0.2) is 0 Å². The van der Waals surface area contributed by atoms with E-state index >= 15 is 0 Å². The molecule has 1 aromatic carbocycles. The minimum atomic E-state index is -3.42. The molecular weight excluding hydrogens is 326 g/mol. The lowest BCUT2D eigenvalue weighted by atomic mass is 9.92. The van der Waals surface area contributed by atoms with Crippen LogP contribution in [0.5, 0.6) is 0 Å². The normalized spacial score (nSPS) is 22.3. The second-order valence-electron chi connectivity index (χ2n) is 6.73. The van der Waals surface area contributed by atoms with Crippen molar-refractivity contribution in [2.24, 2.45) is 11.3 Å². The van der Waals surface area contributed by atoms with Gasteiger partial charge < -0.3 is 10.6 Å². The quantitative estimate of drug-likeness (QED) is 0.713. The summed E-state index contributed by atoms with van der Waals surface area (Å²) in [5, 5.41) is 6.33. The number of hydrogen-bond donors (Lipinski definition) is 3. The molecule has 6 nitrogen and oxygen atoms in total. The molecule has 132 valence electrons. The minimum Gasteiger partial charge on any atom is -0.352 e. The summed E-state index contributed by atoms with van der Waals surface area (Å²) in [7, 11) is -3.42. The van der Waals surface area contributed by atoms with Crippen LogP contribution in [0, 0.1) is 11.3 Å². The molecule has 1 amide bonds. The average Bonchev–Trinajstić information content (AvgIpc) is 3.27. The summed E-state index contributed by atoms with van der Waals surface area (Å²) >= 11 is 0. The summed E-state index contributed by atoms with van der Waals surface area (Å²) in [4.78, 5) is 12.6. The highest BCUT2D eigenvalue weighted by atomic mass is 32.2. The molecule has 1 aliphatic carbocycles. The third-order valence-corrected chi connectivity index (χ3v) is 6.70. The van der Waals surface area contributed by atoms with Crippen LogP contribution in [-0.4, -0.2) is 34.0 Å². The summed E-state index contributed by atoms with van der Waals surface area (Å²) in [5.74, 6) is 0.272. The molecule has 1 atom stereocenters. The summed E-state index contributed by atoms with van der Waals surface area (Å²) in [5.41, 5.74) is 1.14. The van der Waals surface area contributed by atoms with E-state index in [0.29, 0.717) is 13.1 Å². The molecule has 3 rings (SSSR count). The highest BCUT2D eigenvalue weighted by molar-refractivity contribution is 7.89. The average molecular weight is 351 g/mol. The van der Waals surface area contributed by atoms with Crippen molar-refractivity contribution in [1.82, 2.24) is 15.4 Å². The number of piperidine rings is 1. The Morgan fingerprint density at radius 2 is 1.92 bits per heavy atom. The van der Waals surface area contributed by atoms with Gasteiger partial charge in [-0.1, -0.05) is 19.1 Å². The fourth-order valence-electron chi connectivity index (χ4n) is 3.57. The Kier molecular flexibility index (Phi) is 4.94. The van der Waals surface area contributed by atoms with E-state index in [1.807, 2.05) is 0 Å². The molecular formula is C17H25N3O3S. The molecule has 1 heterocycles. The lowest BCUT2D eigenvalue weighted by Crippen LogP contribution is -2.33. The van der Waals surface area contributed by atoms with Crippen LogP contribution in [0.15, 0.2) is 29.2 Å². The monoisotopic (exact) mass is 351 g/mol. The van der Waals surface area contributed by atoms with Crippen LogP contribution < -0.4 is 15.4 Å². The fraction of sp³-hybridized carbons (Fsp3) is 0.588. The van der Waals surface area contributed by atoms with Gasteiger partial charge in [0.05, 0.1) is 4.90 Å². The molecule has 1 unspecified atom stereocenters. The molecule has 1 aromatic rings. The summed E-state index contributed by atoms with van der Waals surface area (Å²) < 4.78 is 26.2. The van der Waals surface area contributed by atoms with Crippen molar-refractivity contribution in [3.8, 4) is 0 Å². The number of benzene rings is 1. The third kappa shape index (κ3) is 3.63. The number of sulfonamides is 1. The first-order chi connectivity index (χ1) is 11.5. The topological polar surface area (TPSA) is 87.3 Å². The van der Waals surface area contributed by atoms with Crippen LogP contribution in [0.3, 0.4) is 0 Å². The van der Waals surface area contributed by atoms with Gasteiger partial charge in [0, 0.05) is 19.0 Å². The van der Waals surface area contributed by atoms with Crippen LogP contribution in [0.1, 0.15) is 31.7 Å². The molecule has 1 saturated carbocycles. The van der Waals surface area contributed by atoms with Crippen molar-refractivity contribution in [3.05, 3.63) is 29.8 Å². The van der Waals surface area contributed by atoms with E-state index in [1.165, 1.54) is 0 Å². The smallest absolute Gasteiger partial charge is 0.240 e. The summed E-state index contributed by atoms with van der Waals surface area (Å²) in [6.45, 7) is 4.55. The Labute approximate surface area is 143 Å². The van der Waals surface area contributed by atoms with Crippen molar-refractivity contribution in [2.45, 2.75) is 37.6 Å². The molecule has 24 heavy (non-hydrogen) atoms. The molecule has 0 bridgehead atoms. The lowest BCUT2D eigenvalue weighted by Gasteiger charge is -2.23. The van der Waals surface area contributed by atoms with Gasteiger partial charge >= 0.3 is 0 Å². The van der Waals surface area contributed by atoms with Crippen molar-refractivity contribution >= 4 is 15.9 Å². The van der Waals surface area contributed by atoms with Crippen molar-refractivity contribution in [3.63, 3.8) is 0 Å². The first-order valence-corrected chi connectivity index (χ1v) is 10.0. The van der Waals surface area contributed by atoms with Gasteiger partial charge in [-0.25, -0.2) is 13.1 Å². The van der Waals surface area contributed by atoms with Gasteiger partial charge in [-0.05, 0) is 55.5 Å². The molecule has 3 N–H and O–H groups in total. The van der Waals surface area contributed by atoms with Crippen LogP contribution in [0.2, 0.25) is 0 Å². The molecule has 1 saturated heterocycles. The second-order valence-corrected chi connectivity index (χ2v) is 8.50. The van der Waals surface area contributed by atoms with Gasteiger partial charge in [0.1, 0.15) is 0 Å². The number of carbonyl (C=O) groups excluding carboxylic acids is 1. The van der Waals surface area contributed by atoms with Crippen molar-refractivity contribution in [1.29, 1.82) is 0 Å². The summed E-state index contributed by atoms with van der Waals surface area (Å²) in [6.07, 6.45) is 3.17. The van der Waals surface area contributed by atoms with E-state index in [9.17, 15) is 13.2 Å². The largest absolute Gasteiger partial charge is 0.352 e. The number of nitrogens with one attached hydrogen (secondary N) is 3. The number of carbonyl (C=O) groups is 1. The standard InChI is InChI=1S/C17H25N3O3S/c1-2-20-24(22,23)14-5-3-13(4-6-14)12-19-16(21)15-11-17(15)7-9-18-10-8-17/h3-6,15,18,20H,2,7-12H2,1H3,(H,19,21). The van der Waals surface area contributed by atoms with Gasteiger partial charge in [-0.3, -0.25) is 4.79 Å². The Morgan fingerprint density at radius 3 is 2.54 bits per heavy atom. The second kappa shape index (κ2) is 6.82. The fourth-order valence-corrected chi connectivity index (χ4v) is 4.61. The number of hydrogen-bond acceptors (Lipinski definition) is 4. The molecule has 0 aromatic heterocycles. The van der Waals surface area contributed by atoms with Crippen LogP contribution in [0.4, 0.5) is 0 Å². The maximum atomic E-state index is 12.3. The highest BCUT2D eigenvalue weighted by Gasteiger charge is 2.57. The molecule has 7 heteroatoms. The lowest BCUT2D eigenvalue weighted by molar-refractivity contribution is -0.123. The van der Waals surface area contributed by atoms with Gasteiger partial charge in [0.25, 0.3) is 0 Å². The zero-order chi connectivity index (χ0) is 17.2. The predicted molar refractivity (Wildman–Crippen MR) is 91.8 cm³/mol. The SMILES string of the molecule is CCNS(=O)(=O)c1ccc(CNC(=O)C2CC23CCNCC3)cc1. The van der Waals surface area contributed by atoms with E-state index in [4.69, 9.17) is 0 Å². The van der Waals surface area contributed by atoms with Crippen molar-refractivity contribution < 1.29 is 13.2 Å². The third-order valence-electron chi connectivity index (χ3n) is 5.14. The summed E-state index contributed by atoms with van der Waals surface area (Å²) in [6, 6.07) is 6.64. The van der Waals surface area contributed by atoms with Gasteiger partial charge in [-0.15, -0.1) is 0 Å². The first-order valence-electron chi connectivity index (χ1n) is 8.54. The van der Waals surface area contributed by atoms with Gasteiger partial charge in [0.2, 0.25) is 15.9 Å². The Balaban J connectivity index is 1.53. The molecule has 2 fully saturated rings. The number of amides is 1. The Morgan fingerprint density at radius 1 is 1.25 bits per heavy atom. The zero-order valence-corrected chi connectivity index (χ0v) is 14.8. The highest BCUT2D eigenvalue weighted by Crippen LogP contribution is 2.58. The maximum absolute atomic E-state index is 12.3. The minimum absolute atomic E-state index is 0.126. The van der Waals surface area contributed by atoms with E-state index in [2.05, 4.69) is 15.4 Å². The Bertz CT molecular complexity index is 694.